The average Bonchev–Trinajstić information content (AvgIpc) is 2.63. The standard InChI is InChI=1S/C13H12N2O5/c1-7(2)10(16)6-14-12(17)8-4-3-5-9(15(19)20)11(8)13(14)18/h3-5,7H,6H2,1-2H3. The molecule has 1 aromatic rings. The Bertz CT molecular complexity index is 636. The number of ketones is 1. The van der Waals surface area contributed by atoms with Crippen molar-refractivity contribution in [1.29, 1.82) is 0 Å². The maximum atomic E-state index is 12.1. The van der Waals surface area contributed by atoms with Gasteiger partial charge >= 0.3 is 0 Å². The highest BCUT2D eigenvalue weighted by molar-refractivity contribution is 6.24. The Balaban J connectivity index is 2.43. The van der Waals surface area contributed by atoms with Crippen molar-refractivity contribution < 1.29 is 19.3 Å². The summed E-state index contributed by atoms with van der Waals surface area (Å²) in [4.78, 5) is 46.8. The van der Waals surface area contributed by atoms with Crippen LogP contribution < -0.4 is 0 Å². The number of carbonyl (C=O) groups excluding carboxylic acids is 3. The minimum absolute atomic E-state index is 0.0271. The molecule has 0 bridgehead atoms. The number of nitro benzene ring substituents is 1. The molecule has 0 N–H and O–H groups in total. The van der Waals surface area contributed by atoms with E-state index in [4.69, 9.17) is 0 Å². The zero-order chi connectivity index (χ0) is 15.0. The summed E-state index contributed by atoms with van der Waals surface area (Å²) in [5, 5.41) is 10.9. The molecule has 104 valence electrons. The Labute approximate surface area is 114 Å². The molecule has 0 unspecified atom stereocenters. The van der Waals surface area contributed by atoms with E-state index in [-0.39, 0.29) is 29.4 Å². The number of imide groups is 1. The zero-order valence-electron chi connectivity index (χ0n) is 11.0. The largest absolute Gasteiger partial charge is 0.297 e. The molecule has 20 heavy (non-hydrogen) atoms. The number of hydrogen-bond acceptors (Lipinski definition) is 5. The SMILES string of the molecule is CC(C)C(=O)CN1C(=O)c2cccc([N+](=O)[O-])c2C1=O. The summed E-state index contributed by atoms with van der Waals surface area (Å²) < 4.78 is 0. The highest BCUT2D eigenvalue weighted by atomic mass is 16.6. The van der Waals surface area contributed by atoms with Crippen LogP contribution in [0.5, 0.6) is 0 Å². The van der Waals surface area contributed by atoms with Gasteiger partial charge in [0.15, 0.2) is 5.78 Å². The number of benzene rings is 1. The number of nitro groups is 1. The maximum absolute atomic E-state index is 12.1. The zero-order valence-corrected chi connectivity index (χ0v) is 11.0. The van der Waals surface area contributed by atoms with Gasteiger partial charge in [0, 0.05) is 12.0 Å². The number of hydrogen-bond donors (Lipinski definition) is 0. The minimum atomic E-state index is -0.786. The molecule has 0 saturated heterocycles. The summed E-state index contributed by atoms with van der Waals surface area (Å²) in [5.41, 5.74) is -0.680. The molecule has 1 aliphatic rings. The third kappa shape index (κ3) is 2.07. The summed E-state index contributed by atoms with van der Waals surface area (Å²) in [6.45, 7) is 2.95. The molecule has 0 atom stereocenters. The van der Waals surface area contributed by atoms with Crippen LogP contribution in [-0.4, -0.2) is 34.0 Å². The molecule has 1 aromatic carbocycles. The summed E-state index contributed by atoms with van der Waals surface area (Å²) in [5.74, 6) is -2.05. The Morgan fingerprint density at radius 3 is 2.50 bits per heavy atom. The summed E-state index contributed by atoms with van der Waals surface area (Å²) >= 11 is 0. The number of nitrogens with zero attached hydrogens (tertiary/aromatic N) is 2. The molecule has 0 spiro atoms. The van der Waals surface area contributed by atoms with E-state index in [1.807, 2.05) is 0 Å². The van der Waals surface area contributed by atoms with Gasteiger partial charge in [0.05, 0.1) is 17.0 Å². The highest BCUT2D eigenvalue weighted by Crippen LogP contribution is 2.30. The van der Waals surface area contributed by atoms with Gasteiger partial charge in [-0.2, -0.15) is 0 Å². The Hall–Kier alpha value is -2.57. The van der Waals surface area contributed by atoms with E-state index in [9.17, 15) is 24.5 Å². The van der Waals surface area contributed by atoms with Crippen molar-refractivity contribution in [2.45, 2.75) is 13.8 Å². The number of carbonyl (C=O) groups is 3. The van der Waals surface area contributed by atoms with Crippen molar-refractivity contribution in [2.75, 3.05) is 6.54 Å². The lowest BCUT2D eigenvalue weighted by Gasteiger charge is -2.13. The summed E-state index contributed by atoms with van der Waals surface area (Å²) in [6.07, 6.45) is 0. The van der Waals surface area contributed by atoms with Crippen LogP contribution in [0.3, 0.4) is 0 Å². The topological polar surface area (TPSA) is 97.6 Å². The van der Waals surface area contributed by atoms with Gasteiger partial charge < -0.3 is 0 Å². The van der Waals surface area contributed by atoms with Gasteiger partial charge in [-0.15, -0.1) is 0 Å². The minimum Gasteiger partial charge on any atom is -0.297 e. The van der Waals surface area contributed by atoms with E-state index < -0.39 is 22.4 Å². The molecular weight excluding hydrogens is 264 g/mol. The molecule has 1 aliphatic heterocycles. The monoisotopic (exact) mass is 276 g/mol. The molecule has 0 radical (unpaired) electrons. The van der Waals surface area contributed by atoms with Crippen molar-refractivity contribution in [1.82, 2.24) is 4.90 Å². The van der Waals surface area contributed by atoms with Crippen LogP contribution in [0.25, 0.3) is 0 Å². The Kier molecular flexibility index (Phi) is 3.35. The van der Waals surface area contributed by atoms with Crippen LogP contribution in [0.1, 0.15) is 34.6 Å². The van der Waals surface area contributed by atoms with Crippen molar-refractivity contribution in [3.05, 3.63) is 39.4 Å². The van der Waals surface area contributed by atoms with E-state index in [0.717, 1.165) is 11.0 Å². The quantitative estimate of drug-likeness (QED) is 0.470. The predicted octanol–water partition coefficient (Wildman–Crippen LogP) is 1.42. The summed E-state index contributed by atoms with van der Waals surface area (Å²) in [7, 11) is 0. The van der Waals surface area contributed by atoms with Crippen LogP contribution in [0.2, 0.25) is 0 Å². The number of Topliss-reactive ketones (excluding diaryl/α,β-unsaturated/α-hetero) is 1. The van der Waals surface area contributed by atoms with E-state index in [1.165, 1.54) is 12.1 Å². The van der Waals surface area contributed by atoms with Crippen molar-refractivity contribution in [3.8, 4) is 0 Å². The molecular formula is C13H12N2O5. The maximum Gasteiger partial charge on any atom is 0.282 e. The highest BCUT2D eigenvalue weighted by Gasteiger charge is 2.41. The smallest absolute Gasteiger partial charge is 0.282 e. The molecule has 0 aromatic heterocycles. The van der Waals surface area contributed by atoms with Crippen LogP contribution in [0.15, 0.2) is 18.2 Å². The van der Waals surface area contributed by atoms with Gasteiger partial charge in [-0.3, -0.25) is 29.4 Å². The van der Waals surface area contributed by atoms with Gasteiger partial charge in [-0.05, 0) is 6.07 Å². The fourth-order valence-electron chi connectivity index (χ4n) is 1.95. The number of fused-ring (bicyclic) bond motifs is 1. The molecule has 7 nitrogen and oxygen atoms in total. The molecule has 2 rings (SSSR count). The van der Waals surface area contributed by atoms with E-state index in [0.29, 0.717) is 0 Å². The number of amides is 2. The first-order valence-electron chi connectivity index (χ1n) is 6.01. The Morgan fingerprint density at radius 2 is 1.95 bits per heavy atom. The predicted molar refractivity (Wildman–Crippen MR) is 68.3 cm³/mol. The second-order valence-electron chi connectivity index (χ2n) is 4.77. The molecule has 0 fully saturated rings. The first-order valence-corrected chi connectivity index (χ1v) is 6.01. The van der Waals surface area contributed by atoms with Crippen LogP contribution in [-0.2, 0) is 4.79 Å². The van der Waals surface area contributed by atoms with Crippen LogP contribution >= 0.6 is 0 Å². The molecule has 1 heterocycles. The Morgan fingerprint density at radius 1 is 1.30 bits per heavy atom. The second kappa shape index (κ2) is 4.84. The molecule has 7 heteroatoms. The molecule has 0 saturated carbocycles. The average molecular weight is 276 g/mol. The van der Waals surface area contributed by atoms with Crippen LogP contribution in [0, 0.1) is 16.0 Å². The number of rotatable bonds is 4. The van der Waals surface area contributed by atoms with Crippen molar-refractivity contribution in [3.63, 3.8) is 0 Å². The van der Waals surface area contributed by atoms with Gasteiger partial charge in [0.1, 0.15) is 5.56 Å². The second-order valence-corrected chi connectivity index (χ2v) is 4.77. The fraction of sp³-hybridized carbons (Fsp3) is 0.308. The van der Waals surface area contributed by atoms with Crippen LogP contribution in [0.4, 0.5) is 5.69 Å². The first-order chi connectivity index (χ1) is 9.34. The lowest BCUT2D eigenvalue weighted by atomic mass is 10.1. The molecule has 2 amide bonds. The van der Waals surface area contributed by atoms with Gasteiger partial charge in [0.25, 0.3) is 17.5 Å². The summed E-state index contributed by atoms with van der Waals surface area (Å²) in [6, 6.07) is 3.86. The third-order valence-electron chi connectivity index (χ3n) is 3.13. The van der Waals surface area contributed by atoms with Gasteiger partial charge in [0.2, 0.25) is 0 Å². The fourth-order valence-corrected chi connectivity index (χ4v) is 1.95. The van der Waals surface area contributed by atoms with Gasteiger partial charge in [-0.1, -0.05) is 19.9 Å². The van der Waals surface area contributed by atoms with E-state index >= 15 is 0 Å². The molecule has 0 aliphatic carbocycles. The normalized spacial score (nSPS) is 13.8. The van der Waals surface area contributed by atoms with Crippen molar-refractivity contribution >= 4 is 23.3 Å². The van der Waals surface area contributed by atoms with E-state index in [2.05, 4.69) is 0 Å². The lowest BCUT2D eigenvalue weighted by Crippen LogP contribution is -2.36. The van der Waals surface area contributed by atoms with Crippen molar-refractivity contribution in [2.24, 2.45) is 5.92 Å². The van der Waals surface area contributed by atoms with Gasteiger partial charge in [-0.25, -0.2) is 0 Å². The first kappa shape index (κ1) is 13.9. The lowest BCUT2D eigenvalue weighted by molar-refractivity contribution is -0.385. The van der Waals surface area contributed by atoms with E-state index in [1.54, 1.807) is 13.8 Å². The third-order valence-corrected chi connectivity index (χ3v) is 3.13.